The molecule has 1 aliphatic rings. The van der Waals surface area contributed by atoms with Crippen LogP contribution in [0.2, 0.25) is 0 Å². The molecule has 1 atom stereocenters. The van der Waals surface area contributed by atoms with Crippen LogP contribution in [-0.2, 0) is 0 Å². The molecular weight excluding hydrogens is 328 g/mol. The molecular formula is C25H50N2. The Morgan fingerprint density at radius 1 is 0.481 bits per heavy atom. The lowest BCUT2D eigenvalue weighted by Gasteiger charge is -2.33. The second-order valence-corrected chi connectivity index (χ2v) is 8.64. The fourth-order valence-corrected chi connectivity index (χ4v) is 4.23. The van der Waals surface area contributed by atoms with Crippen LogP contribution < -0.4 is 0 Å². The van der Waals surface area contributed by atoms with Crippen LogP contribution in [0, 0.1) is 0 Å². The Morgan fingerprint density at radius 2 is 0.852 bits per heavy atom. The summed E-state index contributed by atoms with van der Waals surface area (Å²) in [6, 6.07) is 0. The third-order valence-electron chi connectivity index (χ3n) is 6.07. The lowest BCUT2D eigenvalue weighted by Crippen LogP contribution is -2.39. The van der Waals surface area contributed by atoms with Crippen molar-refractivity contribution in [3.8, 4) is 0 Å². The molecule has 0 radical (unpaired) electrons. The monoisotopic (exact) mass is 378 g/mol. The third kappa shape index (κ3) is 11.7. The summed E-state index contributed by atoms with van der Waals surface area (Å²) in [6.07, 6.45) is 29.1. The highest BCUT2D eigenvalue weighted by atomic mass is 15.4. The Bertz CT molecular complexity index is 339. The van der Waals surface area contributed by atoms with Gasteiger partial charge in [0.2, 0.25) is 0 Å². The Labute approximate surface area is 171 Å². The van der Waals surface area contributed by atoms with Crippen molar-refractivity contribution in [1.29, 1.82) is 0 Å². The first-order valence-electron chi connectivity index (χ1n) is 12.5. The summed E-state index contributed by atoms with van der Waals surface area (Å²) in [5, 5.41) is 0. The molecule has 0 aliphatic carbocycles. The van der Waals surface area contributed by atoms with Crippen LogP contribution >= 0.6 is 0 Å². The lowest BCUT2D eigenvalue weighted by molar-refractivity contribution is 0.136. The zero-order chi connectivity index (χ0) is 19.6. The van der Waals surface area contributed by atoms with Gasteiger partial charge in [-0.25, -0.2) is 0 Å². The van der Waals surface area contributed by atoms with Gasteiger partial charge in [-0.1, -0.05) is 104 Å². The largest absolute Gasteiger partial charge is 0.356 e. The van der Waals surface area contributed by atoms with Crippen LogP contribution in [0.5, 0.6) is 0 Å². The summed E-state index contributed by atoms with van der Waals surface area (Å²) in [6.45, 7) is 9.43. The van der Waals surface area contributed by atoms with E-state index in [0.717, 1.165) is 0 Å². The zero-order valence-electron chi connectivity index (χ0n) is 19.1. The average molecular weight is 379 g/mol. The highest BCUT2D eigenvalue weighted by Gasteiger charge is 2.24. The van der Waals surface area contributed by atoms with Gasteiger partial charge in [-0.15, -0.1) is 0 Å². The van der Waals surface area contributed by atoms with E-state index in [2.05, 4.69) is 43.0 Å². The van der Waals surface area contributed by atoms with E-state index in [1.807, 2.05) is 0 Å². The molecule has 1 heterocycles. The van der Waals surface area contributed by atoms with Crippen LogP contribution in [0.25, 0.3) is 0 Å². The molecule has 1 unspecified atom stereocenters. The maximum absolute atomic E-state index is 2.64. The van der Waals surface area contributed by atoms with Crippen molar-refractivity contribution in [2.45, 2.75) is 136 Å². The van der Waals surface area contributed by atoms with Crippen LogP contribution in [0.4, 0.5) is 0 Å². The second kappa shape index (κ2) is 17.4. The van der Waals surface area contributed by atoms with Crippen molar-refractivity contribution in [3.05, 3.63) is 12.4 Å². The van der Waals surface area contributed by atoms with Crippen LogP contribution in [0.15, 0.2) is 12.4 Å². The van der Waals surface area contributed by atoms with Gasteiger partial charge in [-0.3, -0.25) is 0 Å². The summed E-state index contributed by atoms with van der Waals surface area (Å²) in [5.74, 6) is 0. The Kier molecular flexibility index (Phi) is 15.7. The molecule has 0 aromatic heterocycles. The standard InChI is InChI=1S/C25H50N2/c1-4-7-10-12-13-14-15-16-17-19-22-27-24-23-26(21-18-11-8-5-2)25(27)20-9-6-3/h23-25H,4-22H2,1-3H3. The minimum absolute atomic E-state index is 0.644. The van der Waals surface area contributed by atoms with E-state index in [0.29, 0.717) is 6.17 Å². The maximum Gasteiger partial charge on any atom is 0.101 e. The molecule has 160 valence electrons. The summed E-state index contributed by atoms with van der Waals surface area (Å²) < 4.78 is 0. The van der Waals surface area contributed by atoms with Crippen molar-refractivity contribution >= 4 is 0 Å². The number of nitrogens with zero attached hydrogens (tertiary/aromatic N) is 2. The van der Waals surface area contributed by atoms with E-state index < -0.39 is 0 Å². The molecule has 0 fully saturated rings. The van der Waals surface area contributed by atoms with Gasteiger partial charge in [0.15, 0.2) is 0 Å². The predicted octanol–water partition coefficient (Wildman–Crippen LogP) is 8.09. The van der Waals surface area contributed by atoms with Gasteiger partial charge in [0.25, 0.3) is 0 Å². The molecule has 2 heteroatoms. The van der Waals surface area contributed by atoms with Crippen LogP contribution in [-0.4, -0.2) is 29.1 Å². The van der Waals surface area contributed by atoms with Crippen LogP contribution in [0.1, 0.15) is 130 Å². The minimum atomic E-state index is 0.644. The second-order valence-electron chi connectivity index (χ2n) is 8.64. The summed E-state index contributed by atoms with van der Waals surface area (Å²) in [7, 11) is 0. The molecule has 0 bridgehead atoms. The van der Waals surface area contributed by atoms with E-state index in [-0.39, 0.29) is 0 Å². The fourth-order valence-electron chi connectivity index (χ4n) is 4.23. The number of hydrogen-bond donors (Lipinski definition) is 0. The fraction of sp³-hybridized carbons (Fsp3) is 0.920. The quantitative estimate of drug-likeness (QED) is 0.209. The summed E-state index contributed by atoms with van der Waals surface area (Å²) >= 11 is 0. The maximum atomic E-state index is 2.64. The van der Waals surface area contributed by atoms with E-state index >= 15 is 0 Å². The molecule has 0 N–H and O–H groups in total. The highest BCUT2D eigenvalue weighted by Crippen LogP contribution is 2.23. The molecule has 0 saturated carbocycles. The molecule has 1 aliphatic heterocycles. The van der Waals surface area contributed by atoms with Crippen molar-refractivity contribution in [2.24, 2.45) is 0 Å². The molecule has 0 spiro atoms. The van der Waals surface area contributed by atoms with E-state index in [1.165, 1.54) is 122 Å². The number of hydrogen-bond acceptors (Lipinski definition) is 2. The van der Waals surface area contributed by atoms with Gasteiger partial charge in [0.1, 0.15) is 6.17 Å². The number of rotatable bonds is 19. The molecule has 1 rings (SSSR count). The molecule has 27 heavy (non-hydrogen) atoms. The summed E-state index contributed by atoms with van der Waals surface area (Å²) in [4.78, 5) is 5.27. The van der Waals surface area contributed by atoms with Gasteiger partial charge >= 0.3 is 0 Å². The van der Waals surface area contributed by atoms with E-state index in [4.69, 9.17) is 0 Å². The first-order valence-corrected chi connectivity index (χ1v) is 12.5. The molecule has 0 aromatic carbocycles. The van der Waals surface area contributed by atoms with Gasteiger partial charge in [-0.2, -0.15) is 0 Å². The Balaban J connectivity index is 2.13. The topological polar surface area (TPSA) is 6.48 Å². The van der Waals surface area contributed by atoms with E-state index in [1.54, 1.807) is 0 Å². The normalized spacial score (nSPS) is 16.6. The minimum Gasteiger partial charge on any atom is -0.356 e. The lowest BCUT2D eigenvalue weighted by atomic mass is 10.1. The predicted molar refractivity (Wildman–Crippen MR) is 122 cm³/mol. The zero-order valence-corrected chi connectivity index (χ0v) is 19.1. The number of unbranched alkanes of at least 4 members (excludes halogenated alkanes) is 13. The van der Waals surface area contributed by atoms with Crippen LogP contribution in [0.3, 0.4) is 0 Å². The summed E-state index contributed by atoms with van der Waals surface area (Å²) in [5.41, 5.74) is 0. The molecule has 0 amide bonds. The van der Waals surface area contributed by atoms with Crippen molar-refractivity contribution in [2.75, 3.05) is 13.1 Å². The van der Waals surface area contributed by atoms with E-state index in [9.17, 15) is 0 Å². The molecule has 0 aromatic rings. The molecule has 2 nitrogen and oxygen atoms in total. The highest BCUT2D eigenvalue weighted by molar-refractivity contribution is 4.96. The van der Waals surface area contributed by atoms with Gasteiger partial charge in [0.05, 0.1) is 0 Å². The van der Waals surface area contributed by atoms with Crippen molar-refractivity contribution in [3.63, 3.8) is 0 Å². The van der Waals surface area contributed by atoms with Gasteiger partial charge in [-0.05, 0) is 25.7 Å². The van der Waals surface area contributed by atoms with Gasteiger partial charge < -0.3 is 9.80 Å². The smallest absolute Gasteiger partial charge is 0.101 e. The first-order chi connectivity index (χ1) is 13.3. The first kappa shape index (κ1) is 24.4. The van der Waals surface area contributed by atoms with Gasteiger partial charge in [0, 0.05) is 25.5 Å². The Hall–Kier alpha value is -0.660. The van der Waals surface area contributed by atoms with Crippen molar-refractivity contribution < 1.29 is 0 Å². The van der Waals surface area contributed by atoms with Crippen molar-refractivity contribution in [1.82, 2.24) is 9.80 Å². The average Bonchev–Trinajstić information content (AvgIpc) is 3.06. The Morgan fingerprint density at radius 3 is 1.30 bits per heavy atom. The third-order valence-corrected chi connectivity index (χ3v) is 6.07. The molecule has 0 saturated heterocycles. The SMILES string of the molecule is CCCCCCCCCCCCN1C=CN(CCCCCC)C1CCCC.